The third-order valence-electron chi connectivity index (χ3n) is 8.47. The molecule has 0 saturated carbocycles. The van der Waals surface area contributed by atoms with Gasteiger partial charge < -0.3 is 26.0 Å². The fraction of sp³-hybridized carbons (Fsp3) is 0.517. The van der Waals surface area contributed by atoms with E-state index in [1.165, 1.54) is 12.7 Å². The van der Waals surface area contributed by atoms with E-state index in [9.17, 15) is 5.11 Å². The lowest BCUT2D eigenvalue weighted by molar-refractivity contribution is -0.0636. The molecule has 2 saturated heterocycles. The predicted molar refractivity (Wildman–Crippen MR) is 159 cm³/mol. The average Bonchev–Trinajstić information content (AvgIpc) is 3.74. The maximum atomic E-state index is 10.5. The summed E-state index contributed by atoms with van der Waals surface area (Å²) < 4.78 is 15.7. The van der Waals surface area contributed by atoms with Gasteiger partial charge in [-0.2, -0.15) is 0 Å². The number of nitrogens with zero attached hydrogens (tertiary/aromatic N) is 8. The Morgan fingerprint density at radius 3 is 1.88 bits per heavy atom. The number of imidazole rings is 2. The van der Waals surface area contributed by atoms with Crippen molar-refractivity contribution in [2.75, 3.05) is 11.5 Å². The van der Waals surface area contributed by atoms with Crippen molar-refractivity contribution in [1.29, 1.82) is 0 Å². The molecule has 2 aliphatic rings. The Balaban J connectivity index is 0.000000189. The van der Waals surface area contributed by atoms with Crippen molar-refractivity contribution >= 4 is 34.0 Å². The number of rotatable bonds is 4. The number of aliphatic hydroxyl groups excluding tert-OH is 1. The molecule has 4 aromatic heterocycles. The number of nitrogen functional groups attached to an aromatic ring is 2. The molecule has 4 aromatic rings. The molecular weight excluding hydrogens is 536 g/mol. The first-order valence-electron chi connectivity index (χ1n) is 13.5. The first-order chi connectivity index (χ1) is 19.6. The molecule has 0 bridgehead atoms. The maximum Gasteiger partial charge on any atom is 0.167 e. The quantitative estimate of drug-likeness (QED) is 0.305. The van der Waals surface area contributed by atoms with E-state index in [1.807, 2.05) is 25.3 Å². The van der Waals surface area contributed by atoms with Crippen LogP contribution in [0.5, 0.6) is 0 Å². The first-order valence-corrected chi connectivity index (χ1v) is 13.5. The van der Waals surface area contributed by atoms with Crippen LogP contribution in [0.3, 0.4) is 0 Å². The molecule has 7 atom stereocenters. The second-order valence-electron chi connectivity index (χ2n) is 10.4. The largest absolute Gasteiger partial charge is 0.388 e. The molecule has 5 N–H and O–H groups in total. The van der Waals surface area contributed by atoms with Gasteiger partial charge in [0.2, 0.25) is 0 Å². The molecule has 6 rings (SSSR count). The second-order valence-corrected chi connectivity index (χ2v) is 10.4. The molecule has 13 nitrogen and oxygen atoms in total. The molecule has 42 heavy (non-hydrogen) atoms. The number of hydrogen-bond acceptors (Lipinski definition) is 11. The van der Waals surface area contributed by atoms with Crippen molar-refractivity contribution in [2.45, 2.75) is 84.1 Å². The van der Waals surface area contributed by atoms with Gasteiger partial charge in [0, 0.05) is 11.8 Å². The summed E-state index contributed by atoms with van der Waals surface area (Å²) in [6.07, 6.45) is 18.0. The van der Waals surface area contributed by atoms with Crippen LogP contribution in [0.15, 0.2) is 25.3 Å². The van der Waals surface area contributed by atoms with E-state index in [0.717, 1.165) is 12.8 Å². The Morgan fingerprint density at radius 2 is 1.40 bits per heavy atom. The summed E-state index contributed by atoms with van der Waals surface area (Å²) in [7, 11) is 0. The van der Waals surface area contributed by atoms with E-state index < -0.39 is 23.5 Å². The minimum Gasteiger partial charge on any atom is -0.388 e. The summed E-state index contributed by atoms with van der Waals surface area (Å²) in [5, 5.41) is 10.5. The third-order valence-corrected chi connectivity index (χ3v) is 8.47. The minimum absolute atomic E-state index is 0. The van der Waals surface area contributed by atoms with Crippen molar-refractivity contribution in [3.8, 4) is 24.7 Å². The van der Waals surface area contributed by atoms with Crippen LogP contribution >= 0.6 is 0 Å². The lowest BCUT2D eigenvalue weighted by atomic mass is 9.85. The molecule has 0 amide bonds. The Hall–Kier alpha value is -4.30. The van der Waals surface area contributed by atoms with Gasteiger partial charge in [-0.15, -0.1) is 12.8 Å². The highest BCUT2D eigenvalue weighted by Crippen LogP contribution is 2.45. The van der Waals surface area contributed by atoms with Crippen LogP contribution in [-0.4, -0.2) is 61.5 Å². The van der Waals surface area contributed by atoms with Gasteiger partial charge in [0.15, 0.2) is 29.2 Å². The predicted octanol–water partition coefficient (Wildman–Crippen LogP) is 3.10. The Labute approximate surface area is 245 Å². The molecule has 0 aliphatic carbocycles. The summed E-state index contributed by atoms with van der Waals surface area (Å²) in [6.45, 7) is 7.99. The third kappa shape index (κ3) is 4.69. The number of terminal acetylenes is 2. The normalized spacial score (nSPS) is 30.3. The molecule has 3 unspecified atom stereocenters. The van der Waals surface area contributed by atoms with Crippen LogP contribution in [0.25, 0.3) is 22.3 Å². The summed E-state index contributed by atoms with van der Waals surface area (Å²) in [4.78, 5) is 24.7. The fourth-order valence-electron chi connectivity index (χ4n) is 5.73. The van der Waals surface area contributed by atoms with Crippen LogP contribution in [-0.2, 0) is 9.47 Å². The Kier molecular flexibility index (Phi) is 8.41. The molecule has 6 heterocycles. The Bertz CT molecular complexity index is 1650. The van der Waals surface area contributed by atoms with Crippen molar-refractivity contribution in [1.82, 2.24) is 39.0 Å². The summed E-state index contributed by atoms with van der Waals surface area (Å²) in [6, 6.07) is 0. The molecule has 13 heteroatoms. The smallest absolute Gasteiger partial charge is 0.167 e. The van der Waals surface area contributed by atoms with Gasteiger partial charge in [0.1, 0.15) is 47.2 Å². The fourth-order valence-corrected chi connectivity index (χ4v) is 5.73. The monoisotopic (exact) mass is 574 g/mol. The molecular formula is C29H38N10O3. The second kappa shape index (κ2) is 11.5. The standard InChI is InChI=1S/C14H17N5O2.C14H17N5O.CH4/c1-4-14(5-2)8(3)10(20)13(21-14)19-7-18-9-11(15)16-6-17-12(9)19;1-4-14(5-2)9(3)6-10(20-14)19-8-18-11-12(15)16-7-17-13(11)19;/h1,6-8,10,13,20H,5H2,2-3H3,(H2,15,16,17);1,7-10H,5-6H2,2-3H3,(H2,15,16,17);1H4/t8?,10?,13-,14-;9?,10-,14-;/m11./s1. The van der Waals surface area contributed by atoms with E-state index in [2.05, 4.69) is 48.7 Å². The van der Waals surface area contributed by atoms with Gasteiger partial charge in [0.05, 0.1) is 12.7 Å². The van der Waals surface area contributed by atoms with Crippen molar-refractivity contribution in [2.24, 2.45) is 11.8 Å². The van der Waals surface area contributed by atoms with Gasteiger partial charge in [-0.05, 0) is 19.3 Å². The van der Waals surface area contributed by atoms with Crippen LogP contribution < -0.4 is 11.5 Å². The van der Waals surface area contributed by atoms with E-state index >= 15 is 0 Å². The van der Waals surface area contributed by atoms with Crippen molar-refractivity contribution < 1.29 is 14.6 Å². The van der Waals surface area contributed by atoms with Crippen LogP contribution in [0, 0.1) is 36.5 Å². The van der Waals surface area contributed by atoms with Gasteiger partial charge in [0.25, 0.3) is 0 Å². The van der Waals surface area contributed by atoms with E-state index in [4.69, 9.17) is 33.8 Å². The zero-order valence-corrected chi connectivity index (χ0v) is 23.5. The van der Waals surface area contributed by atoms with Gasteiger partial charge in [-0.1, -0.05) is 47.0 Å². The van der Waals surface area contributed by atoms with Crippen molar-refractivity contribution in [3.05, 3.63) is 25.3 Å². The van der Waals surface area contributed by atoms with Crippen LogP contribution in [0.2, 0.25) is 0 Å². The average molecular weight is 575 g/mol. The zero-order chi connectivity index (χ0) is 29.5. The van der Waals surface area contributed by atoms with Gasteiger partial charge in [-0.3, -0.25) is 9.13 Å². The van der Waals surface area contributed by atoms with Gasteiger partial charge >= 0.3 is 0 Å². The number of anilines is 2. The van der Waals surface area contributed by atoms with Crippen molar-refractivity contribution in [3.63, 3.8) is 0 Å². The minimum atomic E-state index is -0.792. The number of aliphatic hydroxyl groups is 1. The molecule has 2 fully saturated rings. The molecule has 0 radical (unpaired) electrons. The zero-order valence-electron chi connectivity index (χ0n) is 23.5. The van der Waals surface area contributed by atoms with Crippen LogP contribution in [0.1, 0.15) is 66.8 Å². The SMILES string of the molecule is C.C#C[C@]1(CC)O[C@@H](n2cnc3c(N)ncnc32)C(O)C1C.C#C[C@]1(CC)O[C@@H](n2cnc3c(N)ncnc32)CC1C. The number of nitrogens with two attached hydrogens (primary N) is 2. The molecule has 222 valence electrons. The summed E-state index contributed by atoms with van der Waals surface area (Å²) in [5.41, 5.74) is 12.5. The van der Waals surface area contributed by atoms with E-state index in [-0.39, 0.29) is 31.3 Å². The Morgan fingerprint density at radius 1 is 0.881 bits per heavy atom. The van der Waals surface area contributed by atoms with Crippen LogP contribution in [0.4, 0.5) is 11.6 Å². The number of fused-ring (bicyclic) bond motifs is 2. The maximum absolute atomic E-state index is 10.5. The van der Waals surface area contributed by atoms with E-state index in [0.29, 0.717) is 34.6 Å². The summed E-state index contributed by atoms with van der Waals surface area (Å²) in [5.74, 6) is 6.24. The molecule has 0 aromatic carbocycles. The number of ether oxygens (including phenoxy) is 2. The molecule has 2 aliphatic heterocycles. The highest BCUT2D eigenvalue weighted by molar-refractivity contribution is 5.81. The highest BCUT2D eigenvalue weighted by Gasteiger charge is 2.51. The summed E-state index contributed by atoms with van der Waals surface area (Å²) >= 11 is 0. The van der Waals surface area contributed by atoms with E-state index in [1.54, 1.807) is 17.2 Å². The number of hydrogen-bond donors (Lipinski definition) is 3. The van der Waals surface area contributed by atoms with Gasteiger partial charge in [-0.25, -0.2) is 29.9 Å². The lowest BCUT2D eigenvalue weighted by Crippen LogP contribution is -2.34. The topological polar surface area (TPSA) is 178 Å². The first kappa shape index (κ1) is 30.7. The molecule has 0 spiro atoms. The lowest BCUT2D eigenvalue weighted by Gasteiger charge is -2.25. The number of aromatic nitrogens is 8. The highest BCUT2D eigenvalue weighted by atomic mass is 16.5.